The fourth-order valence-electron chi connectivity index (χ4n) is 1.71. The first-order valence-electron chi connectivity index (χ1n) is 6.27. The summed E-state index contributed by atoms with van der Waals surface area (Å²) in [6.45, 7) is 7.31. The van der Waals surface area contributed by atoms with Crippen molar-refractivity contribution < 1.29 is 9.18 Å². The molecule has 0 saturated heterocycles. The second-order valence-electron chi connectivity index (χ2n) is 4.52. The average molecular weight is 269 g/mol. The number of rotatable bonds is 5. The standard InChI is InChI=1S/C14H20FNOS/c1-4-10(3)9-16(5-2)14(17)12-8-11(18)6-7-13(12)15/h6-8,10,18H,4-5,9H2,1-3H3. The monoisotopic (exact) mass is 269 g/mol. The van der Waals surface area contributed by atoms with E-state index in [2.05, 4.69) is 26.5 Å². The second-order valence-corrected chi connectivity index (χ2v) is 5.04. The Kier molecular flexibility index (Phi) is 5.66. The lowest BCUT2D eigenvalue weighted by Crippen LogP contribution is -2.35. The van der Waals surface area contributed by atoms with Crippen molar-refractivity contribution in [2.45, 2.75) is 32.1 Å². The Balaban J connectivity index is 2.92. The zero-order chi connectivity index (χ0) is 13.7. The summed E-state index contributed by atoms with van der Waals surface area (Å²) in [6, 6.07) is 4.31. The van der Waals surface area contributed by atoms with E-state index in [9.17, 15) is 9.18 Å². The predicted octanol–water partition coefficient (Wildman–Crippen LogP) is 3.62. The van der Waals surface area contributed by atoms with Crippen molar-refractivity contribution in [1.29, 1.82) is 0 Å². The lowest BCUT2D eigenvalue weighted by Gasteiger charge is -2.24. The van der Waals surface area contributed by atoms with Gasteiger partial charge in [0.25, 0.3) is 5.91 Å². The summed E-state index contributed by atoms with van der Waals surface area (Å²) < 4.78 is 13.7. The summed E-state index contributed by atoms with van der Waals surface area (Å²) in [5.41, 5.74) is 0.104. The molecule has 0 aliphatic carbocycles. The Morgan fingerprint density at radius 3 is 2.67 bits per heavy atom. The van der Waals surface area contributed by atoms with Gasteiger partial charge in [0.05, 0.1) is 5.56 Å². The van der Waals surface area contributed by atoms with Crippen molar-refractivity contribution in [3.05, 3.63) is 29.6 Å². The minimum absolute atomic E-state index is 0.104. The van der Waals surface area contributed by atoms with Crippen molar-refractivity contribution in [3.63, 3.8) is 0 Å². The first-order chi connectivity index (χ1) is 8.49. The number of hydrogen-bond donors (Lipinski definition) is 1. The van der Waals surface area contributed by atoms with E-state index in [4.69, 9.17) is 0 Å². The summed E-state index contributed by atoms with van der Waals surface area (Å²) in [5.74, 6) is -0.331. The van der Waals surface area contributed by atoms with Gasteiger partial charge in [0, 0.05) is 18.0 Å². The van der Waals surface area contributed by atoms with Gasteiger partial charge < -0.3 is 4.90 Å². The molecule has 0 bridgehead atoms. The van der Waals surface area contributed by atoms with Gasteiger partial charge in [-0.3, -0.25) is 4.79 Å². The van der Waals surface area contributed by atoms with Crippen LogP contribution < -0.4 is 0 Å². The van der Waals surface area contributed by atoms with Crippen LogP contribution in [-0.4, -0.2) is 23.9 Å². The van der Waals surface area contributed by atoms with Crippen LogP contribution in [0.5, 0.6) is 0 Å². The Labute approximate surface area is 114 Å². The van der Waals surface area contributed by atoms with Gasteiger partial charge in [0.15, 0.2) is 0 Å². The number of thiol groups is 1. The number of halogens is 1. The minimum atomic E-state index is -0.486. The molecule has 2 nitrogen and oxygen atoms in total. The van der Waals surface area contributed by atoms with Gasteiger partial charge in [-0.25, -0.2) is 4.39 Å². The van der Waals surface area contributed by atoms with Gasteiger partial charge in [0.1, 0.15) is 5.82 Å². The van der Waals surface area contributed by atoms with E-state index < -0.39 is 5.82 Å². The number of carbonyl (C=O) groups is 1. The van der Waals surface area contributed by atoms with Crippen LogP contribution in [0.25, 0.3) is 0 Å². The summed E-state index contributed by atoms with van der Waals surface area (Å²) in [7, 11) is 0. The van der Waals surface area contributed by atoms with E-state index in [1.54, 1.807) is 11.0 Å². The Morgan fingerprint density at radius 2 is 2.11 bits per heavy atom. The van der Waals surface area contributed by atoms with Crippen LogP contribution in [-0.2, 0) is 0 Å². The molecule has 1 aromatic carbocycles. The highest BCUT2D eigenvalue weighted by Crippen LogP contribution is 2.16. The fourth-order valence-corrected chi connectivity index (χ4v) is 1.91. The Morgan fingerprint density at radius 1 is 1.44 bits per heavy atom. The molecule has 1 rings (SSSR count). The van der Waals surface area contributed by atoms with Crippen molar-refractivity contribution in [3.8, 4) is 0 Å². The zero-order valence-electron chi connectivity index (χ0n) is 11.1. The molecule has 1 unspecified atom stereocenters. The highest BCUT2D eigenvalue weighted by Gasteiger charge is 2.19. The largest absolute Gasteiger partial charge is 0.339 e. The van der Waals surface area contributed by atoms with E-state index in [0.29, 0.717) is 23.9 Å². The summed E-state index contributed by atoms with van der Waals surface area (Å²) in [4.78, 5) is 14.5. The molecule has 0 saturated carbocycles. The molecule has 4 heteroatoms. The molecule has 0 aliphatic rings. The van der Waals surface area contributed by atoms with E-state index in [1.807, 2.05) is 6.92 Å². The number of amides is 1. The lowest BCUT2D eigenvalue weighted by molar-refractivity contribution is 0.0736. The van der Waals surface area contributed by atoms with Crippen molar-refractivity contribution >= 4 is 18.5 Å². The first-order valence-corrected chi connectivity index (χ1v) is 6.72. The molecule has 0 heterocycles. The molecule has 0 N–H and O–H groups in total. The van der Waals surface area contributed by atoms with E-state index in [0.717, 1.165) is 6.42 Å². The van der Waals surface area contributed by atoms with Crippen molar-refractivity contribution in [2.24, 2.45) is 5.92 Å². The normalized spacial score (nSPS) is 12.3. The summed E-state index contributed by atoms with van der Waals surface area (Å²) in [5, 5.41) is 0. The van der Waals surface area contributed by atoms with Crippen molar-refractivity contribution in [2.75, 3.05) is 13.1 Å². The molecular weight excluding hydrogens is 249 g/mol. The van der Waals surface area contributed by atoms with Gasteiger partial charge >= 0.3 is 0 Å². The minimum Gasteiger partial charge on any atom is -0.339 e. The number of nitrogens with zero attached hydrogens (tertiary/aromatic N) is 1. The number of benzene rings is 1. The summed E-state index contributed by atoms with van der Waals surface area (Å²) >= 11 is 4.14. The zero-order valence-corrected chi connectivity index (χ0v) is 12.0. The van der Waals surface area contributed by atoms with E-state index in [-0.39, 0.29) is 11.5 Å². The molecule has 0 aliphatic heterocycles. The molecule has 0 radical (unpaired) electrons. The van der Waals surface area contributed by atoms with Crippen LogP contribution in [0.3, 0.4) is 0 Å². The predicted molar refractivity (Wildman–Crippen MR) is 74.7 cm³/mol. The maximum atomic E-state index is 13.7. The number of carbonyl (C=O) groups excluding carboxylic acids is 1. The van der Waals surface area contributed by atoms with Gasteiger partial charge in [-0.1, -0.05) is 20.3 Å². The molecule has 0 spiro atoms. The van der Waals surface area contributed by atoms with Gasteiger partial charge in [-0.2, -0.15) is 0 Å². The lowest BCUT2D eigenvalue weighted by atomic mass is 10.1. The highest BCUT2D eigenvalue weighted by atomic mass is 32.1. The first kappa shape index (κ1) is 15.0. The Bertz CT molecular complexity index is 422. The van der Waals surface area contributed by atoms with Crippen LogP contribution in [0.2, 0.25) is 0 Å². The van der Waals surface area contributed by atoms with Gasteiger partial charge in [-0.05, 0) is 31.0 Å². The average Bonchev–Trinajstić information content (AvgIpc) is 2.37. The molecule has 0 aromatic heterocycles. The SMILES string of the molecule is CCC(C)CN(CC)C(=O)c1cc(S)ccc1F. The molecule has 1 amide bonds. The molecule has 1 atom stereocenters. The quantitative estimate of drug-likeness (QED) is 0.809. The second kappa shape index (κ2) is 6.78. The van der Waals surface area contributed by atoms with Crippen LogP contribution in [0.4, 0.5) is 4.39 Å². The topological polar surface area (TPSA) is 20.3 Å². The van der Waals surface area contributed by atoms with Crippen LogP contribution in [0, 0.1) is 11.7 Å². The maximum Gasteiger partial charge on any atom is 0.256 e. The molecular formula is C14H20FNOS. The Hall–Kier alpha value is -1.03. The van der Waals surface area contributed by atoms with Gasteiger partial charge in [0.2, 0.25) is 0 Å². The van der Waals surface area contributed by atoms with E-state index >= 15 is 0 Å². The van der Waals surface area contributed by atoms with Crippen molar-refractivity contribution in [1.82, 2.24) is 4.90 Å². The molecule has 0 fully saturated rings. The number of hydrogen-bond acceptors (Lipinski definition) is 2. The molecule has 18 heavy (non-hydrogen) atoms. The van der Waals surface area contributed by atoms with Crippen LogP contribution in [0.15, 0.2) is 23.1 Å². The van der Waals surface area contributed by atoms with Crippen LogP contribution >= 0.6 is 12.6 Å². The third kappa shape index (κ3) is 3.73. The molecule has 1 aromatic rings. The van der Waals surface area contributed by atoms with Crippen LogP contribution in [0.1, 0.15) is 37.6 Å². The van der Waals surface area contributed by atoms with E-state index in [1.165, 1.54) is 12.1 Å². The third-order valence-corrected chi connectivity index (χ3v) is 3.36. The summed E-state index contributed by atoms with van der Waals surface area (Å²) in [6.07, 6.45) is 0.999. The fraction of sp³-hybridized carbons (Fsp3) is 0.500. The maximum absolute atomic E-state index is 13.7. The highest BCUT2D eigenvalue weighted by molar-refractivity contribution is 7.80. The third-order valence-electron chi connectivity index (χ3n) is 3.08. The smallest absolute Gasteiger partial charge is 0.256 e. The molecule has 100 valence electrons. The van der Waals surface area contributed by atoms with Gasteiger partial charge in [-0.15, -0.1) is 12.6 Å².